The first kappa shape index (κ1) is 9.66. The smallest absolute Gasteiger partial charge is 0.0375 e. The normalized spacial score (nSPS) is 19.9. The standard InChI is InChI=1S/C12H18N2/c1-10-9-12(3-6-13-10)11-4-7-14(2)8-5-11/h3,6,9,11H,4-5,7-8H2,1-2H3. The van der Waals surface area contributed by atoms with Crippen LogP contribution in [0.5, 0.6) is 0 Å². The predicted octanol–water partition coefficient (Wildman–Crippen LogP) is 2.20. The third-order valence-electron chi connectivity index (χ3n) is 3.11. The van der Waals surface area contributed by atoms with Crippen LogP contribution in [-0.4, -0.2) is 30.0 Å². The summed E-state index contributed by atoms with van der Waals surface area (Å²) >= 11 is 0. The first-order valence-electron chi connectivity index (χ1n) is 5.37. The molecule has 0 bridgehead atoms. The molecule has 2 rings (SSSR count). The summed E-state index contributed by atoms with van der Waals surface area (Å²) in [7, 11) is 2.20. The van der Waals surface area contributed by atoms with Gasteiger partial charge in [-0.15, -0.1) is 0 Å². The molecule has 1 aromatic heterocycles. The van der Waals surface area contributed by atoms with Gasteiger partial charge >= 0.3 is 0 Å². The van der Waals surface area contributed by atoms with E-state index in [2.05, 4.69) is 36.0 Å². The lowest BCUT2D eigenvalue weighted by Gasteiger charge is -2.29. The van der Waals surface area contributed by atoms with Gasteiger partial charge in [0.1, 0.15) is 0 Å². The summed E-state index contributed by atoms with van der Waals surface area (Å²) in [4.78, 5) is 6.65. The van der Waals surface area contributed by atoms with Crippen LogP contribution < -0.4 is 0 Å². The number of rotatable bonds is 1. The van der Waals surface area contributed by atoms with E-state index in [-0.39, 0.29) is 0 Å². The maximum Gasteiger partial charge on any atom is 0.0375 e. The Balaban J connectivity index is 2.08. The van der Waals surface area contributed by atoms with Crippen LogP contribution in [0.1, 0.15) is 30.0 Å². The molecule has 1 fully saturated rings. The highest BCUT2D eigenvalue weighted by Gasteiger charge is 2.18. The second kappa shape index (κ2) is 4.09. The van der Waals surface area contributed by atoms with Gasteiger partial charge in [-0.25, -0.2) is 0 Å². The molecular weight excluding hydrogens is 172 g/mol. The number of aromatic nitrogens is 1. The molecule has 0 unspecified atom stereocenters. The maximum absolute atomic E-state index is 4.24. The van der Waals surface area contributed by atoms with Crippen LogP contribution in [0.3, 0.4) is 0 Å². The first-order valence-corrected chi connectivity index (χ1v) is 5.37. The van der Waals surface area contributed by atoms with Crippen molar-refractivity contribution in [3.05, 3.63) is 29.6 Å². The number of pyridine rings is 1. The summed E-state index contributed by atoms with van der Waals surface area (Å²) in [5, 5.41) is 0. The van der Waals surface area contributed by atoms with Gasteiger partial charge in [0.05, 0.1) is 0 Å². The van der Waals surface area contributed by atoms with Crippen LogP contribution in [0.2, 0.25) is 0 Å². The number of aryl methyl sites for hydroxylation is 1. The van der Waals surface area contributed by atoms with Crippen LogP contribution in [-0.2, 0) is 0 Å². The van der Waals surface area contributed by atoms with Gasteiger partial charge in [-0.3, -0.25) is 4.98 Å². The monoisotopic (exact) mass is 190 g/mol. The van der Waals surface area contributed by atoms with Gasteiger partial charge in [0, 0.05) is 11.9 Å². The summed E-state index contributed by atoms with van der Waals surface area (Å²) in [6.45, 7) is 4.52. The molecule has 14 heavy (non-hydrogen) atoms. The lowest BCUT2D eigenvalue weighted by molar-refractivity contribution is 0.255. The third-order valence-corrected chi connectivity index (χ3v) is 3.11. The molecule has 2 nitrogen and oxygen atoms in total. The van der Waals surface area contributed by atoms with E-state index in [9.17, 15) is 0 Å². The lowest BCUT2D eigenvalue weighted by Crippen LogP contribution is -2.29. The van der Waals surface area contributed by atoms with Gasteiger partial charge in [0.15, 0.2) is 0 Å². The number of likely N-dealkylation sites (tertiary alicyclic amines) is 1. The molecule has 76 valence electrons. The number of hydrogen-bond donors (Lipinski definition) is 0. The molecule has 1 aromatic rings. The molecule has 2 heteroatoms. The maximum atomic E-state index is 4.24. The van der Waals surface area contributed by atoms with Crippen molar-refractivity contribution in [3.8, 4) is 0 Å². The highest BCUT2D eigenvalue weighted by molar-refractivity contribution is 5.20. The van der Waals surface area contributed by atoms with Crippen LogP contribution >= 0.6 is 0 Å². The van der Waals surface area contributed by atoms with Crippen molar-refractivity contribution in [2.24, 2.45) is 0 Å². The van der Waals surface area contributed by atoms with E-state index in [1.165, 1.54) is 31.5 Å². The second-order valence-electron chi connectivity index (χ2n) is 4.31. The number of nitrogens with zero attached hydrogens (tertiary/aromatic N) is 2. The summed E-state index contributed by atoms with van der Waals surface area (Å²) < 4.78 is 0. The van der Waals surface area contributed by atoms with Gasteiger partial charge in [0.25, 0.3) is 0 Å². The Bertz CT molecular complexity index is 301. The van der Waals surface area contributed by atoms with Crippen LogP contribution in [0.4, 0.5) is 0 Å². The minimum atomic E-state index is 0.757. The second-order valence-corrected chi connectivity index (χ2v) is 4.31. The zero-order valence-corrected chi connectivity index (χ0v) is 9.03. The minimum Gasteiger partial charge on any atom is -0.306 e. The van der Waals surface area contributed by atoms with Crippen LogP contribution in [0.15, 0.2) is 18.3 Å². The Kier molecular flexibility index (Phi) is 2.82. The Morgan fingerprint density at radius 2 is 2.07 bits per heavy atom. The molecule has 1 aliphatic heterocycles. The van der Waals surface area contributed by atoms with Crippen molar-refractivity contribution in [3.63, 3.8) is 0 Å². The molecule has 0 aliphatic carbocycles. The highest BCUT2D eigenvalue weighted by atomic mass is 15.1. The molecule has 1 aliphatic rings. The highest BCUT2D eigenvalue weighted by Crippen LogP contribution is 2.27. The molecular formula is C12H18N2. The molecule has 0 saturated carbocycles. The van der Waals surface area contributed by atoms with Crippen LogP contribution in [0, 0.1) is 6.92 Å². The van der Waals surface area contributed by atoms with Gasteiger partial charge in [-0.05, 0) is 63.5 Å². The van der Waals surface area contributed by atoms with E-state index < -0.39 is 0 Å². The summed E-state index contributed by atoms with van der Waals surface area (Å²) in [5.74, 6) is 0.757. The fourth-order valence-corrected chi connectivity index (χ4v) is 2.16. The molecule has 0 spiro atoms. The molecule has 2 heterocycles. The average molecular weight is 190 g/mol. The van der Waals surface area contributed by atoms with Crippen molar-refractivity contribution in [1.82, 2.24) is 9.88 Å². The van der Waals surface area contributed by atoms with Gasteiger partial charge in [0.2, 0.25) is 0 Å². The zero-order valence-electron chi connectivity index (χ0n) is 9.03. The largest absolute Gasteiger partial charge is 0.306 e. The van der Waals surface area contributed by atoms with Crippen LogP contribution in [0.25, 0.3) is 0 Å². The van der Waals surface area contributed by atoms with Crippen molar-refractivity contribution in [2.45, 2.75) is 25.7 Å². The van der Waals surface area contributed by atoms with E-state index in [0.717, 1.165) is 11.6 Å². The Labute approximate surface area is 86.0 Å². The molecule has 0 aromatic carbocycles. The Morgan fingerprint density at radius 1 is 1.36 bits per heavy atom. The van der Waals surface area contributed by atoms with E-state index in [1.54, 1.807) is 0 Å². The van der Waals surface area contributed by atoms with Crippen molar-refractivity contribution in [2.75, 3.05) is 20.1 Å². The quantitative estimate of drug-likeness (QED) is 0.675. The third kappa shape index (κ3) is 2.13. The first-order chi connectivity index (χ1) is 6.75. The van der Waals surface area contributed by atoms with E-state index in [4.69, 9.17) is 0 Å². The Hall–Kier alpha value is -0.890. The van der Waals surface area contributed by atoms with Crippen molar-refractivity contribution >= 4 is 0 Å². The fraction of sp³-hybridized carbons (Fsp3) is 0.583. The number of hydrogen-bond acceptors (Lipinski definition) is 2. The predicted molar refractivity (Wildman–Crippen MR) is 58.4 cm³/mol. The van der Waals surface area contributed by atoms with E-state index in [0.29, 0.717) is 0 Å². The summed E-state index contributed by atoms with van der Waals surface area (Å²) in [6.07, 6.45) is 4.52. The molecule has 0 amide bonds. The van der Waals surface area contributed by atoms with Crippen molar-refractivity contribution < 1.29 is 0 Å². The van der Waals surface area contributed by atoms with Gasteiger partial charge < -0.3 is 4.90 Å². The topological polar surface area (TPSA) is 16.1 Å². The van der Waals surface area contributed by atoms with E-state index in [1.807, 2.05) is 6.20 Å². The SMILES string of the molecule is Cc1cc(C2CCN(C)CC2)ccn1. The van der Waals surface area contributed by atoms with E-state index >= 15 is 0 Å². The van der Waals surface area contributed by atoms with Gasteiger partial charge in [-0.2, -0.15) is 0 Å². The molecule has 0 N–H and O–H groups in total. The minimum absolute atomic E-state index is 0.757. The molecule has 0 radical (unpaired) electrons. The summed E-state index contributed by atoms with van der Waals surface area (Å²) in [6, 6.07) is 4.40. The fourth-order valence-electron chi connectivity index (χ4n) is 2.16. The Morgan fingerprint density at radius 3 is 2.71 bits per heavy atom. The average Bonchev–Trinajstić information content (AvgIpc) is 2.19. The molecule has 0 atom stereocenters. The van der Waals surface area contributed by atoms with Gasteiger partial charge in [-0.1, -0.05) is 0 Å². The zero-order chi connectivity index (χ0) is 9.97. The molecule has 1 saturated heterocycles. The number of piperidine rings is 1. The lowest BCUT2D eigenvalue weighted by atomic mass is 9.90. The van der Waals surface area contributed by atoms with Crippen molar-refractivity contribution in [1.29, 1.82) is 0 Å². The summed E-state index contributed by atoms with van der Waals surface area (Å²) in [5.41, 5.74) is 2.62.